The van der Waals surface area contributed by atoms with Gasteiger partial charge in [0.25, 0.3) is 0 Å². The Morgan fingerprint density at radius 1 is 0.879 bits per heavy atom. The van der Waals surface area contributed by atoms with E-state index in [1.807, 2.05) is 0 Å². The summed E-state index contributed by atoms with van der Waals surface area (Å²) in [7, 11) is 0. The Morgan fingerprint density at radius 3 is 2.36 bits per heavy atom. The summed E-state index contributed by atoms with van der Waals surface area (Å²) in [5.41, 5.74) is 1.66. The predicted molar refractivity (Wildman–Crippen MR) is 120 cm³/mol. The number of carboxylic acids is 1. The van der Waals surface area contributed by atoms with Crippen LogP contribution < -0.4 is 4.74 Å². The van der Waals surface area contributed by atoms with Crippen molar-refractivity contribution in [2.45, 2.75) is 6.61 Å². The molecule has 0 saturated carbocycles. The third-order valence-electron chi connectivity index (χ3n) is 4.91. The molecule has 0 aliphatic rings. The van der Waals surface area contributed by atoms with E-state index in [2.05, 4.69) is 20.9 Å². The largest absolute Gasteiger partial charge is 0.488 e. The zero-order valence-corrected chi connectivity index (χ0v) is 18.4. The lowest BCUT2D eigenvalue weighted by molar-refractivity contribution is 0.0690. The van der Waals surface area contributed by atoms with Crippen molar-refractivity contribution < 1.29 is 27.8 Å². The number of ether oxygens (including phenoxy) is 1. The maximum absolute atomic E-state index is 14.1. The van der Waals surface area contributed by atoms with Gasteiger partial charge in [0.15, 0.2) is 11.6 Å². The number of carboxylic acid groups (broad SMARTS) is 1. The van der Waals surface area contributed by atoms with Crippen LogP contribution in [0.4, 0.5) is 13.2 Å². The third kappa shape index (κ3) is 4.75. The molecule has 0 unspecified atom stereocenters. The van der Waals surface area contributed by atoms with E-state index in [4.69, 9.17) is 4.74 Å². The molecule has 0 aliphatic carbocycles. The van der Waals surface area contributed by atoms with Gasteiger partial charge in [0.05, 0.1) is 11.3 Å². The number of nitrogens with zero attached hydrogens (tertiary/aromatic N) is 1. The molecule has 166 valence electrons. The van der Waals surface area contributed by atoms with Gasteiger partial charge in [0, 0.05) is 15.6 Å². The number of benzene rings is 3. The molecule has 1 heterocycles. The molecule has 0 bridgehead atoms. The number of pyridine rings is 1. The topological polar surface area (TPSA) is 59.4 Å². The van der Waals surface area contributed by atoms with Gasteiger partial charge in [0.2, 0.25) is 0 Å². The summed E-state index contributed by atoms with van der Waals surface area (Å²) >= 11 is 3.42. The van der Waals surface area contributed by atoms with Crippen molar-refractivity contribution in [1.29, 1.82) is 0 Å². The third-order valence-corrected chi connectivity index (χ3v) is 5.41. The highest BCUT2D eigenvalue weighted by Crippen LogP contribution is 2.39. The summed E-state index contributed by atoms with van der Waals surface area (Å²) in [6.45, 7) is -0.529. The zero-order valence-electron chi connectivity index (χ0n) is 16.9. The average molecular weight is 514 g/mol. The van der Waals surface area contributed by atoms with Crippen LogP contribution in [0, 0.1) is 17.5 Å². The first kappa shape index (κ1) is 22.5. The first-order valence-corrected chi connectivity index (χ1v) is 10.5. The van der Waals surface area contributed by atoms with E-state index in [1.165, 1.54) is 6.07 Å². The molecule has 4 nitrogen and oxygen atoms in total. The van der Waals surface area contributed by atoms with Crippen LogP contribution in [0.2, 0.25) is 0 Å². The fourth-order valence-corrected chi connectivity index (χ4v) is 3.70. The summed E-state index contributed by atoms with van der Waals surface area (Å²) in [5.74, 6) is -4.24. The Kier molecular flexibility index (Phi) is 6.46. The summed E-state index contributed by atoms with van der Waals surface area (Å²) in [6, 6.07) is 18.4. The Morgan fingerprint density at radius 2 is 1.61 bits per heavy atom. The molecule has 0 spiro atoms. The molecule has 0 atom stereocenters. The van der Waals surface area contributed by atoms with E-state index in [1.54, 1.807) is 54.6 Å². The van der Waals surface area contributed by atoms with Gasteiger partial charge in [-0.05, 0) is 48.0 Å². The number of aromatic nitrogens is 1. The van der Waals surface area contributed by atoms with Crippen LogP contribution in [0.15, 0.2) is 77.3 Å². The molecule has 0 aliphatic heterocycles. The minimum absolute atomic E-state index is 0.106. The lowest BCUT2D eigenvalue weighted by Crippen LogP contribution is -2.05. The van der Waals surface area contributed by atoms with E-state index in [9.17, 15) is 23.1 Å². The van der Waals surface area contributed by atoms with Crippen molar-refractivity contribution >= 4 is 21.9 Å². The van der Waals surface area contributed by atoms with Gasteiger partial charge in [0.1, 0.15) is 23.9 Å². The van der Waals surface area contributed by atoms with Crippen LogP contribution in [0.25, 0.3) is 22.4 Å². The quantitative estimate of drug-likeness (QED) is 0.285. The van der Waals surface area contributed by atoms with E-state index in [0.29, 0.717) is 34.2 Å². The van der Waals surface area contributed by atoms with Gasteiger partial charge in [-0.25, -0.2) is 22.9 Å². The van der Waals surface area contributed by atoms with Crippen LogP contribution in [-0.4, -0.2) is 16.1 Å². The molecule has 0 radical (unpaired) electrons. The Labute approximate surface area is 195 Å². The zero-order chi connectivity index (χ0) is 23.5. The molecule has 8 heteroatoms. The lowest BCUT2D eigenvalue weighted by Gasteiger charge is -2.16. The molecule has 0 saturated heterocycles. The van der Waals surface area contributed by atoms with E-state index < -0.39 is 35.6 Å². The van der Waals surface area contributed by atoms with Crippen LogP contribution in [0.5, 0.6) is 5.75 Å². The number of aromatic carboxylic acids is 1. The molecule has 1 aromatic heterocycles. The lowest BCUT2D eigenvalue weighted by atomic mass is 9.96. The van der Waals surface area contributed by atoms with Crippen molar-refractivity contribution in [2.75, 3.05) is 0 Å². The first-order valence-electron chi connectivity index (χ1n) is 9.70. The molecule has 4 aromatic rings. The Hall–Kier alpha value is -3.65. The second-order valence-corrected chi connectivity index (χ2v) is 7.93. The van der Waals surface area contributed by atoms with E-state index >= 15 is 0 Å². The molecule has 33 heavy (non-hydrogen) atoms. The molecular formula is C25H15BrF3NO3. The summed E-state index contributed by atoms with van der Waals surface area (Å²) in [6.07, 6.45) is 0. The van der Waals surface area contributed by atoms with E-state index in [-0.39, 0.29) is 5.69 Å². The number of hydrogen-bond donors (Lipinski definition) is 1. The minimum Gasteiger partial charge on any atom is -0.488 e. The second-order valence-electron chi connectivity index (χ2n) is 7.01. The van der Waals surface area contributed by atoms with Crippen molar-refractivity contribution in [3.8, 4) is 28.1 Å². The fourth-order valence-electron chi connectivity index (χ4n) is 3.34. The van der Waals surface area contributed by atoms with Crippen molar-refractivity contribution in [1.82, 2.24) is 4.98 Å². The summed E-state index contributed by atoms with van der Waals surface area (Å²) < 4.78 is 48.1. The highest BCUT2D eigenvalue weighted by Gasteiger charge is 2.18. The smallest absolute Gasteiger partial charge is 0.354 e. The number of halogens is 4. The van der Waals surface area contributed by atoms with Gasteiger partial charge in [-0.2, -0.15) is 0 Å². The predicted octanol–water partition coefficient (Wildman–Crippen LogP) is 6.87. The number of rotatable bonds is 6. The van der Waals surface area contributed by atoms with Crippen molar-refractivity contribution in [3.05, 3.63) is 106 Å². The van der Waals surface area contributed by atoms with Gasteiger partial charge >= 0.3 is 5.97 Å². The van der Waals surface area contributed by atoms with Gasteiger partial charge in [-0.3, -0.25) is 0 Å². The molecule has 3 aromatic carbocycles. The first-order chi connectivity index (χ1) is 15.8. The van der Waals surface area contributed by atoms with Crippen LogP contribution >= 0.6 is 15.9 Å². The van der Waals surface area contributed by atoms with Crippen molar-refractivity contribution in [2.24, 2.45) is 0 Å². The Balaban J connectivity index is 1.78. The minimum atomic E-state index is -1.30. The fraction of sp³-hybridized carbons (Fsp3) is 0.0400. The van der Waals surface area contributed by atoms with Crippen LogP contribution in [0.3, 0.4) is 0 Å². The van der Waals surface area contributed by atoms with E-state index in [0.717, 1.165) is 10.5 Å². The monoisotopic (exact) mass is 513 g/mol. The maximum Gasteiger partial charge on any atom is 0.354 e. The standard InChI is InChI=1S/C25H15BrF3NO3/c26-14-8-11-23(33-13-18-19(27)9-10-20(28)24(18)29)17(12-14)15-4-1-2-5-16(15)21-6-3-7-22(30-21)25(31)32/h1-12H,13H2,(H,31,32). The summed E-state index contributed by atoms with van der Waals surface area (Å²) in [5, 5.41) is 9.29. The number of hydrogen-bond acceptors (Lipinski definition) is 3. The molecule has 4 rings (SSSR count). The average Bonchev–Trinajstić information content (AvgIpc) is 2.82. The number of carbonyl (C=O) groups is 1. The van der Waals surface area contributed by atoms with Crippen molar-refractivity contribution in [3.63, 3.8) is 0 Å². The van der Waals surface area contributed by atoms with Gasteiger partial charge < -0.3 is 9.84 Å². The Bertz CT molecular complexity index is 1360. The highest BCUT2D eigenvalue weighted by atomic mass is 79.9. The molecule has 0 amide bonds. The highest BCUT2D eigenvalue weighted by molar-refractivity contribution is 9.10. The molecular weight excluding hydrogens is 499 g/mol. The normalized spacial score (nSPS) is 10.8. The summed E-state index contributed by atoms with van der Waals surface area (Å²) in [4.78, 5) is 15.6. The van der Waals surface area contributed by atoms with Gasteiger partial charge in [-0.1, -0.05) is 46.3 Å². The second kappa shape index (κ2) is 9.46. The molecule has 0 fully saturated rings. The SMILES string of the molecule is O=C(O)c1cccc(-c2ccccc2-c2cc(Br)ccc2OCc2c(F)ccc(F)c2F)n1. The maximum atomic E-state index is 14.1. The molecule has 1 N–H and O–H groups in total. The van der Waals surface area contributed by atoms with Gasteiger partial charge in [-0.15, -0.1) is 0 Å². The van der Waals surface area contributed by atoms with Crippen LogP contribution in [-0.2, 0) is 6.61 Å². The van der Waals surface area contributed by atoms with Crippen LogP contribution in [0.1, 0.15) is 16.1 Å².